The van der Waals surface area contributed by atoms with E-state index < -0.39 is 4.92 Å². The molecule has 2 aromatic rings. The van der Waals surface area contributed by atoms with Gasteiger partial charge in [0.25, 0.3) is 5.69 Å². The van der Waals surface area contributed by atoms with Gasteiger partial charge in [-0.1, -0.05) is 41.9 Å². The van der Waals surface area contributed by atoms with Crippen molar-refractivity contribution in [1.29, 1.82) is 0 Å². The van der Waals surface area contributed by atoms with E-state index in [1.165, 1.54) is 17.7 Å². The van der Waals surface area contributed by atoms with E-state index in [9.17, 15) is 10.1 Å². The van der Waals surface area contributed by atoms with Crippen LogP contribution >= 0.6 is 11.6 Å². The third kappa shape index (κ3) is 4.24. The van der Waals surface area contributed by atoms with Gasteiger partial charge >= 0.3 is 0 Å². The smallest absolute Gasteiger partial charge is 0.271 e. The Kier molecular flexibility index (Phi) is 5.33. The van der Waals surface area contributed by atoms with E-state index in [-0.39, 0.29) is 5.69 Å². The number of nitro benzene ring substituents is 1. The fraction of sp³-hybridized carbons (Fsp3) is 0.333. The van der Waals surface area contributed by atoms with Crippen LogP contribution in [0.3, 0.4) is 0 Å². The van der Waals surface area contributed by atoms with Crippen LogP contribution in [0.4, 0.5) is 11.4 Å². The zero-order chi connectivity index (χ0) is 16.9. The number of halogens is 1. The first-order chi connectivity index (χ1) is 11.6. The second-order valence-electron chi connectivity index (χ2n) is 6.25. The van der Waals surface area contributed by atoms with Crippen molar-refractivity contribution < 1.29 is 9.82 Å². The van der Waals surface area contributed by atoms with Gasteiger partial charge in [-0.05, 0) is 6.07 Å². The van der Waals surface area contributed by atoms with Crippen molar-refractivity contribution in [2.24, 2.45) is 0 Å². The number of nitrogens with one attached hydrogen (secondary N) is 2. The highest BCUT2D eigenvalue weighted by atomic mass is 35.5. The predicted octanol–water partition coefficient (Wildman–Crippen LogP) is 2.91. The van der Waals surface area contributed by atoms with E-state index in [0.717, 1.165) is 38.2 Å². The Balaban J connectivity index is 1.53. The first-order valence-corrected chi connectivity index (χ1v) is 8.57. The number of nitro groups is 1. The summed E-state index contributed by atoms with van der Waals surface area (Å²) in [6.45, 7) is 3.28. The van der Waals surface area contributed by atoms with Gasteiger partial charge in [-0.25, -0.2) is 0 Å². The molecule has 1 aliphatic heterocycles. The molecule has 6 heteroatoms. The summed E-state index contributed by atoms with van der Waals surface area (Å²) >= 11 is 6.16. The Bertz CT molecular complexity index is 701. The van der Waals surface area contributed by atoms with Crippen LogP contribution in [0.1, 0.15) is 18.4 Å². The number of quaternary nitrogens is 1. The maximum atomic E-state index is 10.8. The second-order valence-corrected chi connectivity index (χ2v) is 6.66. The molecule has 0 spiro atoms. The quantitative estimate of drug-likeness (QED) is 0.646. The highest BCUT2D eigenvalue weighted by Crippen LogP contribution is 2.27. The molecule has 0 bridgehead atoms. The van der Waals surface area contributed by atoms with Gasteiger partial charge in [-0.15, -0.1) is 0 Å². The van der Waals surface area contributed by atoms with Crippen molar-refractivity contribution in [1.82, 2.24) is 0 Å². The number of likely N-dealkylation sites (tertiary alicyclic amines) is 1. The number of hydrogen-bond donors (Lipinski definition) is 2. The zero-order valence-corrected chi connectivity index (χ0v) is 14.1. The number of hydrogen-bond acceptors (Lipinski definition) is 3. The molecule has 0 atom stereocenters. The van der Waals surface area contributed by atoms with Gasteiger partial charge in [0.05, 0.1) is 28.7 Å². The largest absolute Gasteiger partial charge is 0.381 e. The van der Waals surface area contributed by atoms with Crippen molar-refractivity contribution >= 4 is 23.0 Å². The molecule has 24 heavy (non-hydrogen) atoms. The van der Waals surface area contributed by atoms with Crippen molar-refractivity contribution in [3.8, 4) is 0 Å². The highest BCUT2D eigenvalue weighted by Gasteiger charge is 2.23. The Labute approximate surface area is 146 Å². The van der Waals surface area contributed by atoms with Crippen LogP contribution in [0.15, 0.2) is 48.5 Å². The number of non-ortho nitro benzene ring substituents is 1. The van der Waals surface area contributed by atoms with E-state index >= 15 is 0 Å². The lowest BCUT2D eigenvalue weighted by Gasteiger charge is -2.30. The van der Waals surface area contributed by atoms with Crippen LogP contribution in [0.2, 0.25) is 5.02 Å². The number of benzene rings is 2. The maximum Gasteiger partial charge on any atom is 0.271 e. The fourth-order valence-electron chi connectivity index (χ4n) is 3.19. The summed E-state index contributed by atoms with van der Waals surface area (Å²) in [5, 5.41) is 14.6. The summed E-state index contributed by atoms with van der Waals surface area (Å²) in [6, 6.07) is 15.5. The SMILES string of the molecule is O=[N+]([O-])c1ccc(NC2CC[NH+](Cc3ccccc3)CC2)c(Cl)c1. The molecule has 0 aliphatic carbocycles. The van der Waals surface area contributed by atoms with E-state index in [1.54, 1.807) is 11.0 Å². The molecular weight excluding hydrogens is 326 g/mol. The molecular formula is C18H21ClN3O2+. The average Bonchev–Trinajstić information content (AvgIpc) is 2.59. The number of nitrogens with zero attached hydrogens (tertiary/aromatic N) is 1. The van der Waals surface area contributed by atoms with Gasteiger partial charge in [0, 0.05) is 36.6 Å². The normalized spacial score (nSPS) is 20.5. The topological polar surface area (TPSA) is 59.6 Å². The van der Waals surface area contributed by atoms with E-state index in [2.05, 4.69) is 29.6 Å². The van der Waals surface area contributed by atoms with Gasteiger partial charge in [0.2, 0.25) is 0 Å². The molecule has 0 radical (unpaired) electrons. The summed E-state index contributed by atoms with van der Waals surface area (Å²) in [4.78, 5) is 11.9. The second kappa shape index (κ2) is 7.64. The molecule has 126 valence electrons. The Morgan fingerprint density at radius 3 is 2.50 bits per heavy atom. The van der Waals surface area contributed by atoms with Crippen LogP contribution in [0.25, 0.3) is 0 Å². The third-order valence-corrected chi connectivity index (χ3v) is 4.83. The minimum atomic E-state index is -0.429. The molecule has 3 rings (SSSR count). The number of anilines is 1. The lowest BCUT2D eigenvalue weighted by Crippen LogP contribution is -3.12. The van der Waals surface area contributed by atoms with Crippen molar-refractivity contribution in [2.45, 2.75) is 25.4 Å². The summed E-state index contributed by atoms with van der Waals surface area (Å²) in [7, 11) is 0. The summed E-state index contributed by atoms with van der Waals surface area (Å²) in [5.41, 5.74) is 2.17. The average molecular weight is 347 g/mol. The summed E-state index contributed by atoms with van der Waals surface area (Å²) in [6.07, 6.45) is 2.13. The lowest BCUT2D eigenvalue weighted by atomic mass is 10.0. The van der Waals surface area contributed by atoms with Crippen LogP contribution in [0.5, 0.6) is 0 Å². The van der Waals surface area contributed by atoms with Crippen LogP contribution in [-0.4, -0.2) is 24.1 Å². The van der Waals surface area contributed by atoms with Crippen molar-refractivity contribution in [2.75, 3.05) is 18.4 Å². The first-order valence-electron chi connectivity index (χ1n) is 8.20. The van der Waals surface area contributed by atoms with Gasteiger partial charge in [-0.3, -0.25) is 10.1 Å². The predicted molar refractivity (Wildman–Crippen MR) is 95.6 cm³/mol. The fourth-order valence-corrected chi connectivity index (χ4v) is 3.42. The monoisotopic (exact) mass is 346 g/mol. The molecule has 2 N–H and O–H groups in total. The lowest BCUT2D eigenvalue weighted by molar-refractivity contribution is -0.918. The molecule has 1 saturated heterocycles. The standard InChI is InChI=1S/C18H20ClN3O2/c19-17-12-16(22(23)24)6-7-18(17)20-15-8-10-21(11-9-15)13-14-4-2-1-3-5-14/h1-7,12,15,20H,8-11,13H2/p+1. The third-order valence-electron chi connectivity index (χ3n) is 4.51. The van der Waals surface area contributed by atoms with Gasteiger partial charge < -0.3 is 10.2 Å². The van der Waals surface area contributed by atoms with Gasteiger partial charge in [0.1, 0.15) is 6.54 Å². The first kappa shape index (κ1) is 16.7. The molecule has 0 aromatic heterocycles. The van der Waals surface area contributed by atoms with Crippen LogP contribution in [-0.2, 0) is 6.54 Å². The summed E-state index contributed by atoms with van der Waals surface area (Å²) < 4.78 is 0. The molecule has 0 unspecified atom stereocenters. The van der Waals surface area contributed by atoms with E-state index in [4.69, 9.17) is 11.6 Å². The molecule has 1 fully saturated rings. The van der Waals surface area contributed by atoms with E-state index in [0.29, 0.717) is 11.1 Å². The Morgan fingerprint density at radius 1 is 1.17 bits per heavy atom. The maximum absolute atomic E-state index is 10.8. The zero-order valence-electron chi connectivity index (χ0n) is 13.4. The molecule has 2 aromatic carbocycles. The minimum absolute atomic E-state index is 0.0210. The number of rotatable bonds is 5. The Morgan fingerprint density at radius 2 is 1.88 bits per heavy atom. The molecule has 1 heterocycles. The van der Waals surface area contributed by atoms with Crippen LogP contribution < -0.4 is 10.2 Å². The molecule has 5 nitrogen and oxygen atoms in total. The Hall–Kier alpha value is -2.11. The molecule has 0 amide bonds. The van der Waals surface area contributed by atoms with Crippen LogP contribution in [0, 0.1) is 10.1 Å². The summed E-state index contributed by atoms with van der Waals surface area (Å²) in [5.74, 6) is 0. The molecule has 0 saturated carbocycles. The number of piperidine rings is 1. The molecule has 1 aliphatic rings. The minimum Gasteiger partial charge on any atom is -0.381 e. The van der Waals surface area contributed by atoms with Gasteiger partial charge in [0.15, 0.2) is 0 Å². The van der Waals surface area contributed by atoms with Crippen molar-refractivity contribution in [3.05, 3.63) is 69.2 Å². The van der Waals surface area contributed by atoms with Crippen molar-refractivity contribution in [3.63, 3.8) is 0 Å². The van der Waals surface area contributed by atoms with E-state index in [1.807, 2.05) is 6.07 Å². The highest BCUT2D eigenvalue weighted by molar-refractivity contribution is 6.33. The van der Waals surface area contributed by atoms with Gasteiger partial charge in [-0.2, -0.15) is 0 Å².